The van der Waals surface area contributed by atoms with Gasteiger partial charge in [0, 0.05) is 38.9 Å². The standard InChI is InChI=1S/C19H25N5O3S/c1-12-16(28-13(2)22-12)18(26)23-8-5-19(6-9-23)17-14(20-11-21-17)4-7-24(19)15(25)10-27-3/h11H,4-10H2,1-3H3,(H,20,21). The molecule has 2 aromatic heterocycles. The van der Waals surface area contributed by atoms with Crippen LogP contribution in [0.1, 0.15) is 44.6 Å². The quantitative estimate of drug-likeness (QED) is 0.841. The zero-order chi connectivity index (χ0) is 19.9. The predicted molar refractivity (Wildman–Crippen MR) is 104 cm³/mol. The molecule has 2 aliphatic rings. The molecule has 4 rings (SSSR count). The van der Waals surface area contributed by atoms with E-state index in [0.29, 0.717) is 37.4 Å². The molecule has 0 bridgehead atoms. The van der Waals surface area contributed by atoms with Crippen LogP contribution in [0.5, 0.6) is 0 Å². The van der Waals surface area contributed by atoms with Crippen LogP contribution in [0.15, 0.2) is 6.33 Å². The molecule has 0 atom stereocenters. The van der Waals surface area contributed by atoms with E-state index in [0.717, 1.165) is 28.5 Å². The van der Waals surface area contributed by atoms with Gasteiger partial charge in [-0.1, -0.05) is 0 Å². The number of fused-ring (bicyclic) bond motifs is 2. The van der Waals surface area contributed by atoms with Crippen LogP contribution in [-0.4, -0.2) is 69.9 Å². The smallest absolute Gasteiger partial charge is 0.265 e. The molecule has 0 unspecified atom stereocenters. The Kier molecular flexibility index (Phi) is 4.96. The number of nitrogens with zero attached hydrogens (tertiary/aromatic N) is 4. The average molecular weight is 404 g/mol. The number of piperidine rings is 1. The van der Waals surface area contributed by atoms with Crippen molar-refractivity contribution in [3.63, 3.8) is 0 Å². The maximum absolute atomic E-state index is 13.0. The number of amides is 2. The molecular weight excluding hydrogens is 378 g/mol. The van der Waals surface area contributed by atoms with Gasteiger partial charge in [-0.15, -0.1) is 11.3 Å². The third-order valence-corrected chi connectivity index (χ3v) is 6.87. The van der Waals surface area contributed by atoms with Gasteiger partial charge in [-0.05, 0) is 26.7 Å². The highest BCUT2D eigenvalue weighted by molar-refractivity contribution is 7.13. The van der Waals surface area contributed by atoms with Crippen LogP contribution in [0.2, 0.25) is 0 Å². The minimum Gasteiger partial charge on any atom is -0.375 e. The number of likely N-dealkylation sites (tertiary alicyclic amines) is 1. The fourth-order valence-electron chi connectivity index (χ4n) is 4.50. The summed E-state index contributed by atoms with van der Waals surface area (Å²) in [6, 6.07) is 0. The lowest BCUT2D eigenvalue weighted by Gasteiger charge is -2.50. The summed E-state index contributed by atoms with van der Waals surface area (Å²) in [7, 11) is 1.54. The second-order valence-electron chi connectivity index (χ2n) is 7.43. The van der Waals surface area contributed by atoms with Gasteiger partial charge in [0.2, 0.25) is 5.91 Å². The SMILES string of the molecule is COCC(=O)N1CCc2[nH]cnc2C12CCN(C(=O)c1sc(C)nc1C)CC2. The van der Waals surface area contributed by atoms with E-state index < -0.39 is 5.54 Å². The van der Waals surface area contributed by atoms with E-state index in [1.807, 2.05) is 23.6 Å². The number of hydrogen-bond acceptors (Lipinski definition) is 6. The lowest BCUT2D eigenvalue weighted by Crippen LogP contribution is -2.59. The lowest BCUT2D eigenvalue weighted by atomic mass is 9.78. The topological polar surface area (TPSA) is 91.4 Å². The highest BCUT2D eigenvalue weighted by Crippen LogP contribution is 2.42. The molecule has 2 aliphatic heterocycles. The third-order valence-electron chi connectivity index (χ3n) is 5.81. The number of methoxy groups -OCH3 is 1. The molecule has 150 valence electrons. The molecule has 1 N–H and O–H groups in total. The van der Waals surface area contributed by atoms with Gasteiger partial charge in [-0.3, -0.25) is 9.59 Å². The first-order chi connectivity index (χ1) is 13.5. The fraction of sp³-hybridized carbons (Fsp3) is 0.579. The molecule has 9 heteroatoms. The first-order valence-electron chi connectivity index (χ1n) is 9.51. The zero-order valence-electron chi connectivity index (χ0n) is 16.4. The molecule has 2 aromatic rings. The molecule has 0 aliphatic carbocycles. The number of thiazole rings is 1. The van der Waals surface area contributed by atoms with Crippen LogP contribution in [0.25, 0.3) is 0 Å². The Hall–Kier alpha value is -2.26. The summed E-state index contributed by atoms with van der Waals surface area (Å²) in [5.74, 6) is 0.00984. The number of aromatic nitrogens is 3. The Bertz CT molecular complexity index is 897. The molecule has 8 nitrogen and oxygen atoms in total. The summed E-state index contributed by atoms with van der Waals surface area (Å²) in [5.41, 5.74) is 2.35. The minimum absolute atomic E-state index is 0.0233. The van der Waals surface area contributed by atoms with Gasteiger partial charge in [-0.2, -0.15) is 0 Å². The number of carbonyl (C=O) groups is 2. The Morgan fingerprint density at radius 2 is 2.04 bits per heavy atom. The van der Waals surface area contributed by atoms with Crippen LogP contribution in [0, 0.1) is 13.8 Å². The van der Waals surface area contributed by atoms with Crippen molar-refractivity contribution in [2.75, 3.05) is 33.4 Å². The van der Waals surface area contributed by atoms with Gasteiger partial charge in [0.05, 0.1) is 28.3 Å². The van der Waals surface area contributed by atoms with Crippen LogP contribution in [0.4, 0.5) is 0 Å². The summed E-state index contributed by atoms with van der Waals surface area (Å²) in [5, 5.41) is 0.902. The number of H-pyrrole nitrogens is 1. The minimum atomic E-state index is -0.474. The molecule has 1 spiro atoms. The highest BCUT2D eigenvalue weighted by Gasteiger charge is 2.49. The average Bonchev–Trinajstić information content (AvgIpc) is 3.29. The largest absolute Gasteiger partial charge is 0.375 e. The van der Waals surface area contributed by atoms with Gasteiger partial charge in [0.1, 0.15) is 11.5 Å². The van der Waals surface area contributed by atoms with Crippen LogP contribution >= 0.6 is 11.3 Å². The number of nitrogens with one attached hydrogen (secondary N) is 1. The highest BCUT2D eigenvalue weighted by atomic mass is 32.1. The number of carbonyl (C=O) groups excluding carboxylic acids is 2. The number of aryl methyl sites for hydroxylation is 2. The molecule has 0 radical (unpaired) electrons. The van der Waals surface area contributed by atoms with Gasteiger partial charge in [0.25, 0.3) is 5.91 Å². The van der Waals surface area contributed by atoms with E-state index >= 15 is 0 Å². The van der Waals surface area contributed by atoms with E-state index in [1.54, 1.807) is 6.33 Å². The first-order valence-corrected chi connectivity index (χ1v) is 10.3. The Labute approximate surface area is 167 Å². The first kappa shape index (κ1) is 19.1. The van der Waals surface area contributed by atoms with Gasteiger partial charge >= 0.3 is 0 Å². The van der Waals surface area contributed by atoms with Gasteiger partial charge in [-0.25, -0.2) is 9.97 Å². The molecule has 0 saturated carbocycles. The van der Waals surface area contributed by atoms with Crippen molar-refractivity contribution in [3.05, 3.63) is 33.3 Å². The molecule has 2 amide bonds. The van der Waals surface area contributed by atoms with E-state index in [-0.39, 0.29) is 18.4 Å². The maximum Gasteiger partial charge on any atom is 0.265 e. The fourth-order valence-corrected chi connectivity index (χ4v) is 5.39. The van der Waals surface area contributed by atoms with Crippen molar-refractivity contribution >= 4 is 23.2 Å². The van der Waals surface area contributed by atoms with E-state index in [2.05, 4.69) is 15.0 Å². The number of aromatic amines is 1. The second kappa shape index (κ2) is 7.29. The van der Waals surface area contributed by atoms with Crippen molar-refractivity contribution in [2.45, 2.75) is 38.6 Å². The monoisotopic (exact) mass is 403 g/mol. The molecule has 0 aromatic carbocycles. The van der Waals surface area contributed by atoms with E-state index in [1.165, 1.54) is 18.4 Å². The van der Waals surface area contributed by atoms with Gasteiger partial charge in [0.15, 0.2) is 0 Å². The van der Waals surface area contributed by atoms with Crippen LogP contribution in [0.3, 0.4) is 0 Å². The van der Waals surface area contributed by atoms with Crippen molar-refractivity contribution in [3.8, 4) is 0 Å². The molecule has 28 heavy (non-hydrogen) atoms. The summed E-state index contributed by atoms with van der Waals surface area (Å²) in [4.78, 5) is 42.4. The predicted octanol–water partition coefficient (Wildman–Crippen LogP) is 1.65. The maximum atomic E-state index is 13.0. The summed E-state index contributed by atoms with van der Waals surface area (Å²) >= 11 is 1.44. The van der Waals surface area contributed by atoms with Crippen molar-refractivity contribution in [1.82, 2.24) is 24.8 Å². The molecule has 4 heterocycles. The number of ether oxygens (including phenoxy) is 1. The van der Waals surface area contributed by atoms with Crippen molar-refractivity contribution in [2.24, 2.45) is 0 Å². The lowest BCUT2D eigenvalue weighted by molar-refractivity contribution is -0.145. The summed E-state index contributed by atoms with van der Waals surface area (Å²) in [6.07, 6.45) is 3.80. The Morgan fingerprint density at radius 1 is 1.29 bits per heavy atom. The van der Waals surface area contributed by atoms with E-state index in [4.69, 9.17) is 4.74 Å². The van der Waals surface area contributed by atoms with Crippen LogP contribution < -0.4 is 0 Å². The Balaban J connectivity index is 1.59. The number of rotatable bonds is 3. The Morgan fingerprint density at radius 3 is 2.68 bits per heavy atom. The second-order valence-corrected chi connectivity index (χ2v) is 8.63. The van der Waals surface area contributed by atoms with E-state index in [9.17, 15) is 9.59 Å². The molecule has 1 fully saturated rings. The molecular formula is C19H25N5O3S. The summed E-state index contributed by atoms with van der Waals surface area (Å²) < 4.78 is 5.10. The van der Waals surface area contributed by atoms with Crippen LogP contribution in [-0.2, 0) is 21.5 Å². The normalized spacial score (nSPS) is 18.4. The van der Waals surface area contributed by atoms with Crippen molar-refractivity contribution in [1.29, 1.82) is 0 Å². The zero-order valence-corrected chi connectivity index (χ0v) is 17.3. The van der Waals surface area contributed by atoms with Crippen molar-refractivity contribution < 1.29 is 14.3 Å². The summed E-state index contributed by atoms with van der Waals surface area (Å²) in [6.45, 7) is 5.66. The number of hydrogen-bond donors (Lipinski definition) is 1. The molecule has 1 saturated heterocycles. The number of imidazole rings is 1. The van der Waals surface area contributed by atoms with Gasteiger partial charge < -0.3 is 19.5 Å². The third kappa shape index (κ3) is 3.02.